The maximum atomic E-state index is 13.7. The minimum absolute atomic E-state index is 0.0370. The summed E-state index contributed by atoms with van der Waals surface area (Å²) in [4.78, 5) is 31.7. The molecule has 40 heavy (non-hydrogen) atoms. The summed E-state index contributed by atoms with van der Waals surface area (Å²) >= 11 is 0. The zero-order chi connectivity index (χ0) is 28.1. The number of piperidine rings is 1. The molecular formula is C31H42N4O5. The van der Waals surface area contributed by atoms with E-state index in [1.54, 1.807) is 0 Å². The van der Waals surface area contributed by atoms with Gasteiger partial charge in [0.25, 0.3) is 0 Å². The van der Waals surface area contributed by atoms with Crippen LogP contribution in [-0.2, 0) is 16.1 Å². The van der Waals surface area contributed by atoms with E-state index >= 15 is 0 Å². The van der Waals surface area contributed by atoms with E-state index in [1.165, 1.54) is 31.4 Å². The van der Waals surface area contributed by atoms with E-state index in [1.807, 2.05) is 29.2 Å². The summed E-state index contributed by atoms with van der Waals surface area (Å²) < 4.78 is 6.14. The van der Waals surface area contributed by atoms with Crippen molar-refractivity contribution in [1.29, 1.82) is 0 Å². The van der Waals surface area contributed by atoms with Crippen LogP contribution in [-0.4, -0.2) is 57.9 Å². The molecule has 3 heterocycles. The summed E-state index contributed by atoms with van der Waals surface area (Å²) in [5.74, 6) is 1.18. The largest absolute Gasteiger partial charge is 0.616 e. The second kappa shape index (κ2) is 12.5. The number of pyridine rings is 1. The summed E-state index contributed by atoms with van der Waals surface area (Å²) in [6.07, 6.45) is 11.1. The number of rotatable bonds is 9. The lowest BCUT2D eigenvalue weighted by Crippen LogP contribution is -2.73. The van der Waals surface area contributed by atoms with Crippen LogP contribution in [0.3, 0.4) is 0 Å². The number of carbonyl (C=O) groups excluding carboxylic acids is 2. The van der Waals surface area contributed by atoms with Crippen molar-refractivity contribution in [3.8, 4) is 17.4 Å². The van der Waals surface area contributed by atoms with Gasteiger partial charge in [-0.15, -0.1) is 4.73 Å². The van der Waals surface area contributed by atoms with Crippen LogP contribution in [0.4, 0.5) is 0 Å². The summed E-state index contributed by atoms with van der Waals surface area (Å²) in [6.45, 7) is 4.97. The Labute approximate surface area is 236 Å². The molecule has 1 atom stereocenters. The second-order valence-electron chi connectivity index (χ2n) is 11.7. The summed E-state index contributed by atoms with van der Waals surface area (Å²) in [5, 5.41) is 24.5. The third kappa shape index (κ3) is 6.19. The highest BCUT2D eigenvalue weighted by Gasteiger charge is 2.53. The summed E-state index contributed by atoms with van der Waals surface area (Å²) in [5.41, 5.74) is 0.352. The molecule has 2 N–H and O–H groups in total. The number of nitrogens with zero attached hydrogens (tertiary/aromatic N) is 3. The number of hydrogen-bond donors (Lipinski definition) is 2. The first-order chi connectivity index (χ1) is 19.4. The van der Waals surface area contributed by atoms with Gasteiger partial charge in [0.15, 0.2) is 5.75 Å². The quantitative estimate of drug-likeness (QED) is 0.357. The first kappa shape index (κ1) is 28.2. The molecule has 5 rings (SSSR count). The van der Waals surface area contributed by atoms with E-state index in [2.05, 4.69) is 17.1 Å². The smallest absolute Gasteiger partial charge is 0.385 e. The van der Waals surface area contributed by atoms with Crippen molar-refractivity contribution >= 4 is 11.8 Å². The maximum Gasteiger partial charge on any atom is 0.385 e. The molecule has 1 unspecified atom stereocenters. The van der Waals surface area contributed by atoms with Crippen molar-refractivity contribution in [2.45, 2.75) is 89.3 Å². The Morgan fingerprint density at radius 1 is 1.07 bits per heavy atom. The van der Waals surface area contributed by atoms with E-state index in [9.17, 15) is 19.9 Å². The molecule has 0 bridgehead atoms. The van der Waals surface area contributed by atoms with Gasteiger partial charge in [-0.05, 0) is 55.4 Å². The average molecular weight is 551 g/mol. The van der Waals surface area contributed by atoms with Crippen molar-refractivity contribution in [3.63, 3.8) is 0 Å². The van der Waals surface area contributed by atoms with Crippen LogP contribution in [0.15, 0.2) is 42.6 Å². The van der Waals surface area contributed by atoms with E-state index in [0.717, 1.165) is 63.5 Å². The van der Waals surface area contributed by atoms with Gasteiger partial charge in [-0.25, -0.2) is 0 Å². The predicted molar refractivity (Wildman–Crippen MR) is 151 cm³/mol. The topological polar surface area (TPSA) is 109 Å². The molecule has 1 aliphatic carbocycles. The van der Waals surface area contributed by atoms with Gasteiger partial charge in [0.2, 0.25) is 18.0 Å². The fourth-order valence-electron chi connectivity index (χ4n) is 6.59. The maximum absolute atomic E-state index is 13.7. The standard InChI is InChI=1S/C31H42N4O5/c1-2-3-17-34-29(37)27(20-23-7-5-4-6-8-23)32-30(38)31(34)15-18-33(19-16-31)21-24-9-12-26(13-10-24)40-28-14-11-25(36)22-35(28)39/h9-14,22-23,27,36H,2-8,15-21H2,1H3,(H,32,38). The number of likely N-dealkylation sites (tertiary alicyclic amines) is 1. The Bertz CT molecular complexity index is 1170. The number of piperazine rings is 1. The Morgan fingerprint density at radius 3 is 2.48 bits per heavy atom. The second-order valence-corrected chi connectivity index (χ2v) is 11.7. The molecule has 2 saturated heterocycles. The molecule has 3 fully saturated rings. The SMILES string of the molecule is CCCCN1C(=O)C(CC2CCCCC2)NC(=O)C12CCN(Cc1ccc(Oc3ccc(O)c[n+]3[O-])cc1)CC2. The van der Waals surface area contributed by atoms with Crippen molar-refractivity contribution in [2.24, 2.45) is 5.92 Å². The zero-order valence-corrected chi connectivity index (χ0v) is 23.5. The fourth-order valence-corrected chi connectivity index (χ4v) is 6.59. The van der Waals surface area contributed by atoms with Crippen LogP contribution >= 0.6 is 0 Å². The Hall–Kier alpha value is -3.33. The van der Waals surface area contributed by atoms with E-state index in [0.29, 0.717) is 35.8 Å². The molecule has 2 amide bonds. The normalized spacial score (nSPS) is 21.9. The van der Waals surface area contributed by atoms with Gasteiger partial charge in [-0.2, -0.15) is 0 Å². The van der Waals surface area contributed by atoms with Gasteiger partial charge in [-0.1, -0.05) is 57.6 Å². The highest BCUT2D eigenvalue weighted by atomic mass is 16.6. The number of amides is 2. The highest BCUT2D eigenvalue weighted by Crippen LogP contribution is 2.36. The number of ether oxygens (including phenoxy) is 1. The lowest BCUT2D eigenvalue weighted by molar-refractivity contribution is -0.611. The molecule has 9 heteroatoms. The van der Waals surface area contributed by atoms with E-state index < -0.39 is 5.54 Å². The summed E-state index contributed by atoms with van der Waals surface area (Å²) in [6, 6.07) is 10.0. The number of aromatic nitrogens is 1. The molecular weight excluding hydrogens is 508 g/mol. The van der Waals surface area contributed by atoms with Crippen molar-refractivity contribution in [3.05, 3.63) is 53.4 Å². The number of benzene rings is 1. The van der Waals surface area contributed by atoms with Gasteiger partial charge in [0.1, 0.15) is 17.3 Å². The number of hydrogen-bond acceptors (Lipinski definition) is 6. The number of nitrogens with one attached hydrogen (secondary N) is 1. The highest BCUT2D eigenvalue weighted by molar-refractivity contribution is 6.00. The predicted octanol–water partition coefficient (Wildman–Crippen LogP) is 4.25. The first-order valence-electron chi connectivity index (χ1n) is 14.9. The minimum Gasteiger partial charge on any atom is -0.616 e. The molecule has 3 aliphatic rings. The molecule has 9 nitrogen and oxygen atoms in total. The van der Waals surface area contributed by atoms with Crippen molar-refractivity contribution < 1.29 is 24.2 Å². The van der Waals surface area contributed by atoms with Crippen molar-refractivity contribution in [2.75, 3.05) is 19.6 Å². The summed E-state index contributed by atoms with van der Waals surface area (Å²) in [7, 11) is 0. The van der Waals surface area contributed by atoms with Gasteiger partial charge in [0, 0.05) is 26.2 Å². The fraction of sp³-hybridized carbons (Fsp3) is 0.581. The average Bonchev–Trinajstić information content (AvgIpc) is 2.96. The zero-order valence-electron chi connectivity index (χ0n) is 23.5. The first-order valence-corrected chi connectivity index (χ1v) is 14.9. The van der Waals surface area contributed by atoms with Crippen LogP contribution in [0, 0.1) is 11.1 Å². The number of aromatic hydroxyl groups is 1. The third-order valence-corrected chi connectivity index (χ3v) is 8.94. The van der Waals surface area contributed by atoms with Crippen LogP contribution in [0.5, 0.6) is 17.4 Å². The van der Waals surface area contributed by atoms with Gasteiger partial charge in [0.05, 0.1) is 6.07 Å². The molecule has 0 radical (unpaired) electrons. The molecule has 216 valence electrons. The van der Waals surface area contributed by atoms with Gasteiger partial charge < -0.3 is 25.3 Å². The lowest BCUT2D eigenvalue weighted by atomic mass is 9.79. The van der Waals surface area contributed by atoms with E-state index in [-0.39, 0.29) is 29.5 Å². The van der Waals surface area contributed by atoms with Gasteiger partial charge in [-0.3, -0.25) is 14.5 Å². The lowest BCUT2D eigenvalue weighted by Gasteiger charge is -2.52. The number of carbonyl (C=O) groups is 2. The van der Waals surface area contributed by atoms with Crippen molar-refractivity contribution in [1.82, 2.24) is 15.1 Å². The monoisotopic (exact) mass is 550 g/mol. The molecule has 1 aromatic carbocycles. The van der Waals surface area contributed by atoms with E-state index in [4.69, 9.17) is 4.74 Å². The third-order valence-electron chi connectivity index (χ3n) is 8.94. The molecule has 1 spiro atoms. The van der Waals surface area contributed by atoms with Crippen LogP contribution in [0.2, 0.25) is 0 Å². The molecule has 1 aromatic heterocycles. The Balaban J connectivity index is 1.20. The molecule has 2 aromatic rings. The van der Waals surface area contributed by atoms with Crippen LogP contribution in [0.25, 0.3) is 0 Å². The Kier molecular flexibility index (Phi) is 8.78. The van der Waals surface area contributed by atoms with Gasteiger partial charge >= 0.3 is 5.88 Å². The molecule has 2 aliphatic heterocycles. The van der Waals surface area contributed by atoms with Crippen LogP contribution < -0.4 is 14.8 Å². The molecule has 1 saturated carbocycles. The Morgan fingerprint density at radius 2 is 1.80 bits per heavy atom. The number of unbranched alkanes of at least 4 members (excludes halogenated alkanes) is 1. The van der Waals surface area contributed by atoms with Crippen LogP contribution in [0.1, 0.15) is 76.7 Å². The minimum atomic E-state index is -0.749.